The van der Waals surface area contributed by atoms with Gasteiger partial charge < -0.3 is 20.5 Å². The van der Waals surface area contributed by atoms with Crippen LogP contribution in [0.3, 0.4) is 0 Å². The van der Waals surface area contributed by atoms with Gasteiger partial charge in [-0.05, 0) is 49.2 Å². The number of aryl methyl sites for hydroxylation is 2. The molecule has 0 radical (unpaired) electrons. The van der Waals surface area contributed by atoms with Crippen LogP contribution in [0.2, 0.25) is 0 Å². The Morgan fingerprint density at radius 1 is 1.32 bits per heavy atom. The minimum absolute atomic E-state index is 0.259. The largest absolute Gasteiger partial charge is 0.382 e. The number of nitrogens with zero attached hydrogens (tertiary/aromatic N) is 6. The topological polar surface area (TPSA) is 100 Å². The third kappa shape index (κ3) is 5.04. The van der Waals surface area contributed by atoms with Crippen molar-refractivity contribution in [1.82, 2.24) is 24.6 Å². The van der Waals surface area contributed by atoms with Crippen LogP contribution in [0.1, 0.15) is 23.4 Å². The number of aromatic nitrogens is 3. The molecule has 0 amide bonds. The van der Waals surface area contributed by atoms with E-state index in [0.717, 1.165) is 18.9 Å². The lowest BCUT2D eigenvalue weighted by atomic mass is 10.1. The van der Waals surface area contributed by atoms with Gasteiger partial charge in [-0.2, -0.15) is 10.4 Å². The Balaban J connectivity index is 1.60. The molecule has 0 aliphatic rings. The molecule has 3 aromatic rings. The second kappa shape index (κ2) is 9.80. The van der Waals surface area contributed by atoms with Crippen LogP contribution < -0.4 is 11.1 Å². The van der Waals surface area contributed by atoms with Crippen molar-refractivity contribution in [3.63, 3.8) is 0 Å². The molecule has 2 heterocycles. The summed E-state index contributed by atoms with van der Waals surface area (Å²) in [4.78, 5) is 6.39. The van der Waals surface area contributed by atoms with Crippen molar-refractivity contribution < 1.29 is 4.39 Å². The van der Waals surface area contributed by atoms with E-state index in [4.69, 9.17) is 5.73 Å². The number of hydrogen-bond acceptors (Lipinski definition) is 4. The highest BCUT2D eigenvalue weighted by Crippen LogP contribution is 2.21. The molecule has 0 fully saturated rings. The minimum atomic E-state index is -0.341. The molecular weight excluding hydrogens is 395 g/mol. The fraction of sp³-hybridized carbons (Fsp3) is 0.318. The van der Waals surface area contributed by atoms with Gasteiger partial charge in [-0.15, -0.1) is 0 Å². The molecule has 0 aliphatic carbocycles. The molecule has 0 aliphatic heterocycles. The maximum absolute atomic E-state index is 13.2. The highest BCUT2D eigenvalue weighted by atomic mass is 19.1. The predicted molar refractivity (Wildman–Crippen MR) is 119 cm³/mol. The highest BCUT2D eigenvalue weighted by molar-refractivity contribution is 5.79. The van der Waals surface area contributed by atoms with Crippen LogP contribution in [0.25, 0.3) is 5.69 Å². The highest BCUT2D eigenvalue weighted by Gasteiger charge is 2.16. The Bertz CT molecular complexity index is 1090. The Labute approximate surface area is 181 Å². The molecule has 2 aromatic heterocycles. The lowest BCUT2D eigenvalue weighted by Gasteiger charge is -2.22. The van der Waals surface area contributed by atoms with E-state index in [2.05, 4.69) is 37.0 Å². The van der Waals surface area contributed by atoms with Crippen molar-refractivity contribution in [3.8, 4) is 11.8 Å². The quantitative estimate of drug-likeness (QED) is 0.346. The molecule has 3 N–H and O–H groups in total. The summed E-state index contributed by atoms with van der Waals surface area (Å²) in [6.07, 6.45) is 3.33. The molecule has 0 bridgehead atoms. The van der Waals surface area contributed by atoms with E-state index in [1.54, 1.807) is 19.2 Å². The van der Waals surface area contributed by atoms with Gasteiger partial charge in [0, 0.05) is 39.6 Å². The van der Waals surface area contributed by atoms with Gasteiger partial charge in [-0.3, -0.25) is 4.99 Å². The Kier molecular flexibility index (Phi) is 6.92. The van der Waals surface area contributed by atoms with Gasteiger partial charge in [0.25, 0.3) is 0 Å². The number of anilines is 1. The smallest absolute Gasteiger partial charge is 0.193 e. The second-order valence-electron chi connectivity index (χ2n) is 7.25. The number of nitrogens with one attached hydrogen (secondary N) is 1. The summed E-state index contributed by atoms with van der Waals surface area (Å²) in [5.74, 6) is 0.708. The lowest BCUT2D eigenvalue weighted by Crippen LogP contribution is -2.39. The van der Waals surface area contributed by atoms with Crippen LogP contribution in [-0.2, 0) is 20.0 Å². The van der Waals surface area contributed by atoms with Crippen molar-refractivity contribution >= 4 is 11.8 Å². The van der Waals surface area contributed by atoms with Crippen molar-refractivity contribution in [2.75, 3.05) is 26.4 Å². The number of rotatable bonds is 7. The average molecular weight is 423 g/mol. The van der Waals surface area contributed by atoms with E-state index in [-0.39, 0.29) is 11.6 Å². The van der Waals surface area contributed by atoms with Crippen molar-refractivity contribution in [2.24, 2.45) is 12.0 Å². The molecule has 0 saturated carbocycles. The van der Waals surface area contributed by atoms with Crippen molar-refractivity contribution in [2.45, 2.75) is 19.4 Å². The van der Waals surface area contributed by atoms with Gasteiger partial charge >= 0.3 is 0 Å². The summed E-state index contributed by atoms with van der Waals surface area (Å²) < 4.78 is 16.8. The molecule has 31 heavy (non-hydrogen) atoms. The monoisotopic (exact) mass is 422 g/mol. The number of nitriles is 1. The number of halogens is 1. The zero-order valence-corrected chi connectivity index (χ0v) is 18.0. The van der Waals surface area contributed by atoms with Gasteiger partial charge in [-0.25, -0.2) is 9.07 Å². The van der Waals surface area contributed by atoms with Crippen molar-refractivity contribution in [1.29, 1.82) is 5.26 Å². The van der Waals surface area contributed by atoms with E-state index < -0.39 is 0 Å². The summed E-state index contributed by atoms with van der Waals surface area (Å²) in [5, 5.41) is 17.3. The molecule has 3 rings (SSSR count). The first-order valence-corrected chi connectivity index (χ1v) is 10.00. The van der Waals surface area contributed by atoms with Gasteiger partial charge in [0.2, 0.25) is 0 Å². The lowest BCUT2D eigenvalue weighted by molar-refractivity contribution is 0.461. The summed E-state index contributed by atoms with van der Waals surface area (Å²) in [6, 6.07) is 12.1. The van der Waals surface area contributed by atoms with Crippen LogP contribution in [-0.4, -0.2) is 45.8 Å². The van der Waals surface area contributed by atoms with Crippen LogP contribution in [0.15, 0.2) is 47.6 Å². The summed E-state index contributed by atoms with van der Waals surface area (Å²) in [7, 11) is 5.76. The molecule has 9 heteroatoms. The van der Waals surface area contributed by atoms with E-state index in [0.29, 0.717) is 29.9 Å². The van der Waals surface area contributed by atoms with Crippen LogP contribution in [0, 0.1) is 17.1 Å². The minimum Gasteiger partial charge on any atom is -0.382 e. The third-order valence-corrected chi connectivity index (χ3v) is 5.07. The Morgan fingerprint density at radius 2 is 2.06 bits per heavy atom. The molecule has 0 saturated heterocycles. The number of aliphatic imine (C=N–C) groups is 1. The second-order valence-corrected chi connectivity index (χ2v) is 7.25. The number of nitrogen functional groups attached to an aromatic ring is 1. The first kappa shape index (κ1) is 21.9. The van der Waals surface area contributed by atoms with E-state index in [9.17, 15) is 9.65 Å². The van der Waals surface area contributed by atoms with Gasteiger partial charge in [-0.1, -0.05) is 0 Å². The van der Waals surface area contributed by atoms with Gasteiger partial charge in [0.15, 0.2) is 5.96 Å². The van der Waals surface area contributed by atoms with E-state index in [1.807, 2.05) is 26.4 Å². The zero-order chi connectivity index (χ0) is 22.4. The normalized spacial score (nSPS) is 11.4. The first-order valence-electron chi connectivity index (χ1n) is 10.00. The summed E-state index contributed by atoms with van der Waals surface area (Å²) in [6.45, 7) is 1.40. The Hall–Kier alpha value is -3.80. The Morgan fingerprint density at radius 3 is 2.68 bits per heavy atom. The standard InChI is InChI=1S/C22H27FN8/c1-26-22(30(3)15-18-6-5-13-29(18)2)27-12-4-7-20-19(14-24)21(25)31(28-20)17-10-8-16(23)9-11-17/h5-6,8-11,13H,4,7,12,15,25H2,1-3H3,(H,26,27). The fourth-order valence-corrected chi connectivity index (χ4v) is 3.37. The molecule has 0 unspecified atom stereocenters. The van der Waals surface area contributed by atoms with E-state index >= 15 is 0 Å². The molecule has 0 atom stereocenters. The summed E-state index contributed by atoms with van der Waals surface area (Å²) >= 11 is 0. The maximum Gasteiger partial charge on any atom is 0.193 e. The van der Waals surface area contributed by atoms with Gasteiger partial charge in [0.1, 0.15) is 23.3 Å². The fourth-order valence-electron chi connectivity index (χ4n) is 3.37. The average Bonchev–Trinajstić information content (AvgIpc) is 3.30. The molecule has 1 aromatic carbocycles. The molecule has 8 nitrogen and oxygen atoms in total. The van der Waals surface area contributed by atoms with Crippen LogP contribution in [0.4, 0.5) is 10.2 Å². The summed E-state index contributed by atoms with van der Waals surface area (Å²) in [5.41, 5.74) is 8.89. The maximum atomic E-state index is 13.2. The van der Waals surface area contributed by atoms with E-state index in [1.165, 1.54) is 22.5 Å². The van der Waals surface area contributed by atoms with Crippen molar-refractivity contribution in [3.05, 3.63) is 65.4 Å². The SMILES string of the molecule is CN=C(NCCCc1nn(-c2ccc(F)cc2)c(N)c1C#N)N(C)Cc1cccn1C. The van der Waals surface area contributed by atoms with Gasteiger partial charge in [0.05, 0.1) is 17.9 Å². The van der Waals surface area contributed by atoms with Crippen LogP contribution in [0.5, 0.6) is 0 Å². The molecule has 162 valence electrons. The number of nitrogens with two attached hydrogens (primary N) is 1. The molecular formula is C22H27FN8. The first-order chi connectivity index (χ1) is 14.9. The number of hydrogen-bond donors (Lipinski definition) is 2. The zero-order valence-electron chi connectivity index (χ0n) is 18.0. The number of guanidine groups is 1. The van der Waals surface area contributed by atoms with Crippen LogP contribution >= 0.6 is 0 Å². The molecule has 0 spiro atoms. The third-order valence-electron chi connectivity index (χ3n) is 5.07. The predicted octanol–water partition coefficient (Wildman–Crippen LogP) is 2.44. The number of benzene rings is 1.